The van der Waals surface area contributed by atoms with Gasteiger partial charge in [0.15, 0.2) is 0 Å². The minimum atomic E-state index is -0.551. The molecule has 6 heteroatoms. The summed E-state index contributed by atoms with van der Waals surface area (Å²) in [7, 11) is 0. The predicted molar refractivity (Wildman–Crippen MR) is 61.2 cm³/mol. The number of rotatable bonds is 2. The third kappa shape index (κ3) is 2.94. The van der Waals surface area contributed by atoms with E-state index in [9.17, 15) is 14.0 Å². The third-order valence-corrected chi connectivity index (χ3v) is 2.66. The van der Waals surface area contributed by atoms with E-state index < -0.39 is 11.9 Å². The second kappa shape index (κ2) is 4.71. The van der Waals surface area contributed by atoms with Crippen molar-refractivity contribution >= 4 is 29.1 Å². The highest BCUT2D eigenvalue weighted by Crippen LogP contribution is 2.19. The van der Waals surface area contributed by atoms with Crippen LogP contribution in [0.15, 0.2) is 18.2 Å². The van der Waals surface area contributed by atoms with Crippen LogP contribution in [0.1, 0.15) is 12.8 Å². The molecule has 1 saturated heterocycles. The fourth-order valence-corrected chi connectivity index (χ4v) is 1.89. The van der Waals surface area contributed by atoms with E-state index >= 15 is 0 Å². The first kappa shape index (κ1) is 11.9. The second-order valence-electron chi connectivity index (χ2n) is 3.81. The van der Waals surface area contributed by atoms with Crippen molar-refractivity contribution in [1.82, 2.24) is 5.32 Å². The van der Waals surface area contributed by atoms with Crippen molar-refractivity contribution in [2.75, 3.05) is 5.32 Å². The molecule has 90 valence electrons. The summed E-state index contributed by atoms with van der Waals surface area (Å²) in [6.07, 6.45) is 0.787. The molecule has 0 aliphatic carbocycles. The van der Waals surface area contributed by atoms with Gasteiger partial charge in [-0.05, 0) is 24.6 Å². The van der Waals surface area contributed by atoms with E-state index in [1.54, 1.807) is 0 Å². The molecule has 17 heavy (non-hydrogen) atoms. The van der Waals surface area contributed by atoms with Gasteiger partial charge in [0, 0.05) is 17.1 Å². The van der Waals surface area contributed by atoms with Gasteiger partial charge in [-0.2, -0.15) is 0 Å². The summed E-state index contributed by atoms with van der Waals surface area (Å²) in [5, 5.41) is 5.24. The molecule has 4 nitrogen and oxygen atoms in total. The number of hydrogen-bond donors (Lipinski definition) is 2. The van der Waals surface area contributed by atoms with Gasteiger partial charge in [-0.15, -0.1) is 0 Å². The van der Waals surface area contributed by atoms with Crippen LogP contribution in [0.4, 0.5) is 10.1 Å². The summed E-state index contributed by atoms with van der Waals surface area (Å²) < 4.78 is 13.0. The van der Waals surface area contributed by atoms with Crippen molar-refractivity contribution in [2.45, 2.75) is 18.9 Å². The highest BCUT2D eigenvalue weighted by Gasteiger charge is 2.27. The molecule has 0 radical (unpaired) electrons. The van der Waals surface area contributed by atoms with Crippen LogP contribution in [-0.4, -0.2) is 17.9 Å². The molecule has 1 aliphatic rings. The van der Waals surface area contributed by atoms with Crippen LogP contribution in [-0.2, 0) is 9.59 Å². The first-order valence-electron chi connectivity index (χ1n) is 5.11. The average molecular weight is 257 g/mol. The molecule has 2 amide bonds. The summed E-state index contributed by atoms with van der Waals surface area (Å²) in [6, 6.07) is 3.21. The number of hydrogen-bond acceptors (Lipinski definition) is 2. The molecule has 1 aromatic rings. The Kier molecular flexibility index (Phi) is 3.28. The van der Waals surface area contributed by atoms with E-state index in [1.165, 1.54) is 12.1 Å². The minimum absolute atomic E-state index is 0.151. The lowest BCUT2D eigenvalue weighted by Crippen LogP contribution is -2.37. The lowest BCUT2D eigenvalue weighted by atomic mass is 10.2. The van der Waals surface area contributed by atoms with Crippen LogP contribution >= 0.6 is 11.6 Å². The Balaban J connectivity index is 2.05. The number of benzene rings is 1. The van der Waals surface area contributed by atoms with Gasteiger partial charge in [0.25, 0.3) is 0 Å². The summed E-state index contributed by atoms with van der Waals surface area (Å²) in [5.74, 6) is -1.04. The molecule has 0 spiro atoms. The van der Waals surface area contributed by atoms with Gasteiger partial charge < -0.3 is 10.6 Å². The van der Waals surface area contributed by atoms with E-state index in [4.69, 9.17) is 11.6 Å². The number of carbonyl (C=O) groups is 2. The van der Waals surface area contributed by atoms with Crippen LogP contribution in [0.25, 0.3) is 0 Å². The quantitative estimate of drug-likeness (QED) is 0.846. The maximum Gasteiger partial charge on any atom is 0.246 e. The monoisotopic (exact) mass is 256 g/mol. The summed E-state index contributed by atoms with van der Waals surface area (Å²) >= 11 is 5.66. The van der Waals surface area contributed by atoms with Gasteiger partial charge >= 0.3 is 0 Å². The maximum atomic E-state index is 13.0. The Morgan fingerprint density at radius 3 is 2.82 bits per heavy atom. The Labute approximate surface area is 102 Å². The highest BCUT2D eigenvalue weighted by molar-refractivity contribution is 6.30. The van der Waals surface area contributed by atoms with E-state index in [-0.39, 0.29) is 22.5 Å². The van der Waals surface area contributed by atoms with Gasteiger partial charge in [-0.3, -0.25) is 9.59 Å². The Morgan fingerprint density at radius 2 is 2.24 bits per heavy atom. The molecule has 1 heterocycles. The smallest absolute Gasteiger partial charge is 0.246 e. The molecule has 1 aromatic carbocycles. The van der Waals surface area contributed by atoms with Crippen LogP contribution in [0.5, 0.6) is 0 Å². The minimum Gasteiger partial charge on any atom is -0.344 e. The van der Waals surface area contributed by atoms with Crippen molar-refractivity contribution in [3.63, 3.8) is 0 Å². The Hall–Kier alpha value is -1.62. The topological polar surface area (TPSA) is 58.2 Å². The fraction of sp³-hybridized carbons (Fsp3) is 0.273. The first-order chi connectivity index (χ1) is 8.04. The molecular weight excluding hydrogens is 247 g/mol. The summed E-state index contributed by atoms with van der Waals surface area (Å²) in [4.78, 5) is 22.6. The van der Waals surface area contributed by atoms with E-state index in [2.05, 4.69) is 10.6 Å². The van der Waals surface area contributed by atoms with Crippen molar-refractivity contribution in [3.8, 4) is 0 Å². The van der Waals surface area contributed by atoms with E-state index in [0.29, 0.717) is 12.8 Å². The molecule has 0 aromatic heterocycles. The standard InChI is InChI=1S/C11H10ClFN2O2/c12-6-3-7(13)5-8(4-6)14-11(17)9-1-2-10(16)15-9/h3-5,9H,1-2H2,(H,14,17)(H,15,16). The number of halogens is 2. The van der Waals surface area contributed by atoms with Crippen LogP contribution in [0, 0.1) is 5.82 Å². The normalized spacial score (nSPS) is 18.9. The van der Waals surface area contributed by atoms with Crippen molar-refractivity contribution in [3.05, 3.63) is 29.0 Å². The molecule has 1 atom stereocenters. The fourth-order valence-electron chi connectivity index (χ4n) is 1.67. The van der Waals surface area contributed by atoms with Crippen molar-refractivity contribution in [1.29, 1.82) is 0 Å². The zero-order chi connectivity index (χ0) is 12.4. The zero-order valence-corrected chi connectivity index (χ0v) is 9.55. The predicted octanol–water partition coefficient (Wildman–Crippen LogP) is 1.70. The van der Waals surface area contributed by atoms with E-state index in [0.717, 1.165) is 6.07 Å². The summed E-state index contributed by atoms with van der Waals surface area (Å²) in [6.45, 7) is 0. The molecule has 2 rings (SSSR count). The van der Waals surface area contributed by atoms with Crippen molar-refractivity contribution < 1.29 is 14.0 Å². The molecular formula is C11H10ClFN2O2. The highest BCUT2D eigenvalue weighted by atomic mass is 35.5. The van der Waals surface area contributed by atoms with Crippen LogP contribution in [0.3, 0.4) is 0 Å². The van der Waals surface area contributed by atoms with Gasteiger partial charge in [0.2, 0.25) is 11.8 Å². The zero-order valence-electron chi connectivity index (χ0n) is 8.80. The lowest BCUT2D eigenvalue weighted by Gasteiger charge is -2.11. The van der Waals surface area contributed by atoms with E-state index in [1.807, 2.05) is 0 Å². The molecule has 0 bridgehead atoms. The molecule has 1 fully saturated rings. The Bertz CT molecular complexity index is 458. The van der Waals surface area contributed by atoms with Gasteiger partial charge in [0.1, 0.15) is 11.9 Å². The van der Waals surface area contributed by atoms with Gasteiger partial charge in [0.05, 0.1) is 0 Å². The van der Waals surface area contributed by atoms with Crippen LogP contribution < -0.4 is 10.6 Å². The lowest BCUT2D eigenvalue weighted by molar-refractivity contribution is -0.122. The van der Waals surface area contributed by atoms with Gasteiger partial charge in [-0.25, -0.2) is 4.39 Å². The number of amides is 2. The average Bonchev–Trinajstić information content (AvgIpc) is 2.63. The van der Waals surface area contributed by atoms with Crippen LogP contribution in [0.2, 0.25) is 5.02 Å². The second-order valence-corrected chi connectivity index (χ2v) is 4.24. The van der Waals surface area contributed by atoms with Crippen molar-refractivity contribution in [2.24, 2.45) is 0 Å². The van der Waals surface area contributed by atoms with Gasteiger partial charge in [-0.1, -0.05) is 11.6 Å². The number of carbonyl (C=O) groups excluding carboxylic acids is 2. The SMILES string of the molecule is O=C1CCC(C(=O)Nc2cc(F)cc(Cl)c2)N1. The largest absolute Gasteiger partial charge is 0.344 e. The molecule has 2 N–H and O–H groups in total. The third-order valence-electron chi connectivity index (χ3n) is 2.44. The molecule has 0 saturated carbocycles. The molecule has 1 aliphatic heterocycles. The first-order valence-corrected chi connectivity index (χ1v) is 5.49. The number of nitrogens with one attached hydrogen (secondary N) is 2. The Morgan fingerprint density at radius 1 is 1.47 bits per heavy atom. The molecule has 1 unspecified atom stereocenters. The maximum absolute atomic E-state index is 13.0. The summed E-state index contributed by atoms with van der Waals surface area (Å²) in [5.41, 5.74) is 0.279. The number of anilines is 1.